The summed E-state index contributed by atoms with van der Waals surface area (Å²) in [4.78, 5) is 0. The summed E-state index contributed by atoms with van der Waals surface area (Å²) in [6, 6.07) is 4.43. The van der Waals surface area contributed by atoms with Gasteiger partial charge in [0.1, 0.15) is 0 Å². The molecule has 3 N–H and O–H groups in total. The molecule has 2 heteroatoms. The van der Waals surface area contributed by atoms with Crippen LogP contribution in [-0.2, 0) is 0 Å². The molecule has 0 aromatic heterocycles. The van der Waals surface area contributed by atoms with Gasteiger partial charge in [-0.3, -0.25) is 5.84 Å². The molecule has 0 amide bonds. The van der Waals surface area contributed by atoms with Crippen molar-refractivity contribution in [2.75, 3.05) is 5.43 Å². The Balaban J connectivity index is 3.38. The first-order valence-electron chi connectivity index (χ1n) is 5.58. The normalized spacial score (nSPS) is 11.2. The van der Waals surface area contributed by atoms with Crippen molar-refractivity contribution in [2.45, 2.75) is 46.5 Å². The number of nitrogens with one attached hydrogen (secondary N) is 1. The van der Waals surface area contributed by atoms with Crippen LogP contribution in [-0.4, -0.2) is 0 Å². The van der Waals surface area contributed by atoms with Gasteiger partial charge in [0.05, 0.1) is 5.69 Å². The Hall–Kier alpha value is -1.02. The van der Waals surface area contributed by atoms with Gasteiger partial charge >= 0.3 is 0 Å². The minimum Gasteiger partial charge on any atom is -0.324 e. The van der Waals surface area contributed by atoms with Crippen LogP contribution < -0.4 is 11.3 Å². The molecule has 0 radical (unpaired) electrons. The summed E-state index contributed by atoms with van der Waals surface area (Å²) < 4.78 is 0. The van der Waals surface area contributed by atoms with Gasteiger partial charge < -0.3 is 5.43 Å². The molecule has 2 nitrogen and oxygen atoms in total. The zero-order chi connectivity index (χ0) is 11.6. The molecule has 15 heavy (non-hydrogen) atoms. The standard InChI is InChI=1S/C13H22N2/c1-8(2)11-6-10(5)7-12(9(3)4)13(11)15-14/h6-9,15H,14H2,1-5H3. The van der Waals surface area contributed by atoms with Crippen molar-refractivity contribution in [3.8, 4) is 0 Å². The van der Waals surface area contributed by atoms with Crippen LogP contribution >= 0.6 is 0 Å². The lowest BCUT2D eigenvalue weighted by molar-refractivity contribution is 0.832. The van der Waals surface area contributed by atoms with E-state index in [1.807, 2.05) is 0 Å². The maximum atomic E-state index is 5.63. The summed E-state index contributed by atoms with van der Waals surface area (Å²) in [6.45, 7) is 10.9. The van der Waals surface area contributed by atoms with E-state index >= 15 is 0 Å². The lowest BCUT2D eigenvalue weighted by Gasteiger charge is -2.20. The molecular weight excluding hydrogens is 184 g/mol. The van der Waals surface area contributed by atoms with Gasteiger partial charge in [-0.15, -0.1) is 0 Å². The van der Waals surface area contributed by atoms with E-state index in [1.54, 1.807) is 0 Å². The Morgan fingerprint density at radius 2 is 1.40 bits per heavy atom. The molecule has 0 saturated heterocycles. The molecule has 84 valence electrons. The second-order valence-corrected chi connectivity index (χ2v) is 4.77. The first kappa shape index (κ1) is 12.1. The summed E-state index contributed by atoms with van der Waals surface area (Å²) in [7, 11) is 0. The van der Waals surface area contributed by atoms with Crippen LogP contribution in [0.4, 0.5) is 5.69 Å². The molecule has 0 spiro atoms. The topological polar surface area (TPSA) is 38.0 Å². The molecule has 0 fully saturated rings. The van der Waals surface area contributed by atoms with E-state index in [0.717, 1.165) is 5.69 Å². The number of aryl methyl sites for hydroxylation is 1. The predicted molar refractivity (Wildman–Crippen MR) is 67.2 cm³/mol. The highest BCUT2D eigenvalue weighted by Crippen LogP contribution is 2.32. The smallest absolute Gasteiger partial charge is 0.0554 e. The fourth-order valence-corrected chi connectivity index (χ4v) is 1.92. The second kappa shape index (κ2) is 4.67. The Morgan fingerprint density at radius 3 is 1.67 bits per heavy atom. The number of nitrogens with two attached hydrogens (primary N) is 1. The fraction of sp³-hybridized carbons (Fsp3) is 0.538. The highest BCUT2D eigenvalue weighted by molar-refractivity contribution is 5.60. The third-order valence-electron chi connectivity index (χ3n) is 2.73. The van der Waals surface area contributed by atoms with E-state index in [0.29, 0.717) is 11.8 Å². The van der Waals surface area contributed by atoms with E-state index in [1.165, 1.54) is 16.7 Å². The Morgan fingerprint density at radius 1 is 1.00 bits per heavy atom. The molecule has 0 aliphatic rings. The van der Waals surface area contributed by atoms with Gasteiger partial charge in [0.2, 0.25) is 0 Å². The van der Waals surface area contributed by atoms with Crippen molar-refractivity contribution in [1.82, 2.24) is 0 Å². The van der Waals surface area contributed by atoms with Crippen molar-refractivity contribution in [2.24, 2.45) is 5.84 Å². The molecule has 1 rings (SSSR count). The second-order valence-electron chi connectivity index (χ2n) is 4.77. The Labute approximate surface area is 92.8 Å². The molecule has 0 unspecified atom stereocenters. The number of hydrogen-bond donors (Lipinski definition) is 2. The van der Waals surface area contributed by atoms with Crippen LogP contribution in [0.3, 0.4) is 0 Å². The summed E-state index contributed by atoms with van der Waals surface area (Å²) in [6.07, 6.45) is 0. The van der Waals surface area contributed by atoms with Crippen LogP contribution in [0, 0.1) is 6.92 Å². The van der Waals surface area contributed by atoms with Gasteiger partial charge in [-0.25, -0.2) is 0 Å². The van der Waals surface area contributed by atoms with Gasteiger partial charge in [-0.2, -0.15) is 0 Å². The van der Waals surface area contributed by atoms with Crippen molar-refractivity contribution in [3.63, 3.8) is 0 Å². The molecule has 0 saturated carbocycles. The van der Waals surface area contributed by atoms with E-state index in [9.17, 15) is 0 Å². The number of hydrazine groups is 1. The highest BCUT2D eigenvalue weighted by Gasteiger charge is 2.13. The summed E-state index contributed by atoms with van der Waals surface area (Å²) in [5.74, 6) is 6.61. The average Bonchev–Trinajstić information content (AvgIpc) is 2.16. The van der Waals surface area contributed by atoms with E-state index in [-0.39, 0.29) is 0 Å². The predicted octanol–water partition coefficient (Wildman–Crippen LogP) is 3.53. The summed E-state index contributed by atoms with van der Waals surface area (Å²) in [5.41, 5.74) is 7.88. The third-order valence-corrected chi connectivity index (χ3v) is 2.73. The fourth-order valence-electron chi connectivity index (χ4n) is 1.92. The lowest BCUT2D eigenvalue weighted by Crippen LogP contribution is -2.13. The van der Waals surface area contributed by atoms with Gasteiger partial charge in [0, 0.05) is 0 Å². The lowest BCUT2D eigenvalue weighted by atomic mass is 9.91. The van der Waals surface area contributed by atoms with Crippen LogP contribution in [0.5, 0.6) is 0 Å². The number of anilines is 1. The minimum absolute atomic E-state index is 0.494. The SMILES string of the molecule is Cc1cc(C(C)C)c(NN)c(C(C)C)c1. The Bertz CT molecular complexity index is 311. The first-order chi connectivity index (χ1) is 6.97. The Kier molecular flexibility index (Phi) is 3.75. The molecule has 0 bridgehead atoms. The monoisotopic (exact) mass is 206 g/mol. The first-order valence-corrected chi connectivity index (χ1v) is 5.58. The number of nitrogen functional groups attached to an aromatic ring is 1. The highest BCUT2D eigenvalue weighted by atomic mass is 15.2. The maximum Gasteiger partial charge on any atom is 0.0554 e. The zero-order valence-corrected chi connectivity index (χ0v) is 10.4. The summed E-state index contributed by atoms with van der Waals surface area (Å²) >= 11 is 0. The van der Waals surface area contributed by atoms with E-state index < -0.39 is 0 Å². The van der Waals surface area contributed by atoms with Crippen LogP contribution in [0.1, 0.15) is 56.2 Å². The minimum atomic E-state index is 0.494. The molecular formula is C13H22N2. The average molecular weight is 206 g/mol. The van der Waals surface area contributed by atoms with Crippen molar-refractivity contribution in [1.29, 1.82) is 0 Å². The zero-order valence-electron chi connectivity index (χ0n) is 10.4. The van der Waals surface area contributed by atoms with Crippen LogP contribution in [0.25, 0.3) is 0 Å². The van der Waals surface area contributed by atoms with Crippen LogP contribution in [0.2, 0.25) is 0 Å². The van der Waals surface area contributed by atoms with E-state index in [2.05, 4.69) is 52.2 Å². The number of rotatable bonds is 3. The molecule has 0 heterocycles. The molecule has 1 aromatic carbocycles. The molecule has 1 aromatic rings. The number of benzene rings is 1. The summed E-state index contributed by atoms with van der Waals surface area (Å²) in [5, 5.41) is 0. The van der Waals surface area contributed by atoms with Crippen molar-refractivity contribution < 1.29 is 0 Å². The maximum absolute atomic E-state index is 5.63. The molecule has 0 atom stereocenters. The van der Waals surface area contributed by atoms with Crippen molar-refractivity contribution >= 4 is 5.69 Å². The number of hydrogen-bond acceptors (Lipinski definition) is 2. The third kappa shape index (κ3) is 2.51. The van der Waals surface area contributed by atoms with Gasteiger partial charge in [0.25, 0.3) is 0 Å². The van der Waals surface area contributed by atoms with Gasteiger partial charge in [-0.05, 0) is 29.9 Å². The molecule has 0 aliphatic heterocycles. The quantitative estimate of drug-likeness (QED) is 0.586. The van der Waals surface area contributed by atoms with Gasteiger partial charge in [0.15, 0.2) is 0 Å². The van der Waals surface area contributed by atoms with Gasteiger partial charge in [-0.1, -0.05) is 45.4 Å². The van der Waals surface area contributed by atoms with E-state index in [4.69, 9.17) is 5.84 Å². The van der Waals surface area contributed by atoms with Crippen LogP contribution in [0.15, 0.2) is 12.1 Å². The van der Waals surface area contributed by atoms with Crippen molar-refractivity contribution in [3.05, 3.63) is 28.8 Å². The molecule has 0 aliphatic carbocycles. The largest absolute Gasteiger partial charge is 0.324 e.